The predicted molar refractivity (Wildman–Crippen MR) is 124 cm³/mol. The number of sulfonamides is 1. The van der Waals surface area contributed by atoms with Crippen molar-refractivity contribution in [3.05, 3.63) is 54.1 Å². The van der Waals surface area contributed by atoms with Gasteiger partial charge >= 0.3 is 0 Å². The van der Waals surface area contributed by atoms with Crippen LogP contribution in [-0.4, -0.2) is 44.2 Å². The van der Waals surface area contributed by atoms with E-state index in [4.69, 9.17) is 0 Å². The fourth-order valence-electron chi connectivity index (χ4n) is 4.52. The third-order valence-corrected chi connectivity index (χ3v) is 8.28. The van der Waals surface area contributed by atoms with E-state index in [0.717, 1.165) is 38.5 Å². The molecule has 1 heterocycles. The quantitative estimate of drug-likeness (QED) is 0.713. The number of hydrogen-bond donors (Lipinski definition) is 1. The van der Waals surface area contributed by atoms with Gasteiger partial charge in [-0.3, -0.25) is 9.59 Å². The Labute approximate surface area is 189 Å². The molecule has 0 atom stereocenters. The van der Waals surface area contributed by atoms with Gasteiger partial charge in [0.05, 0.1) is 16.3 Å². The molecular weight excluding hydrogens is 426 g/mol. The Kier molecular flexibility index (Phi) is 6.62. The molecule has 0 unspecified atom stereocenters. The van der Waals surface area contributed by atoms with Gasteiger partial charge in [0, 0.05) is 31.6 Å². The van der Waals surface area contributed by atoms with Gasteiger partial charge in [-0.2, -0.15) is 4.31 Å². The first-order valence-electron chi connectivity index (χ1n) is 11.2. The monoisotopic (exact) mass is 455 g/mol. The van der Waals surface area contributed by atoms with Gasteiger partial charge < -0.3 is 10.2 Å². The van der Waals surface area contributed by atoms with Crippen LogP contribution in [0.5, 0.6) is 0 Å². The summed E-state index contributed by atoms with van der Waals surface area (Å²) in [5, 5.41) is 2.85. The first-order valence-corrected chi connectivity index (χ1v) is 12.6. The summed E-state index contributed by atoms with van der Waals surface area (Å²) in [6.07, 6.45) is 6.22. The summed E-state index contributed by atoms with van der Waals surface area (Å²) in [5.74, 6) is -0.382. The van der Waals surface area contributed by atoms with Crippen molar-refractivity contribution in [1.29, 1.82) is 0 Å². The zero-order valence-corrected chi connectivity index (χ0v) is 19.1. The molecule has 0 radical (unpaired) electrons. The van der Waals surface area contributed by atoms with Gasteiger partial charge in [0.25, 0.3) is 5.91 Å². The van der Waals surface area contributed by atoms with Crippen LogP contribution in [0.25, 0.3) is 0 Å². The normalized spacial score (nSPS) is 17.7. The maximum atomic E-state index is 13.2. The van der Waals surface area contributed by atoms with Crippen LogP contribution in [0.2, 0.25) is 0 Å². The summed E-state index contributed by atoms with van der Waals surface area (Å²) >= 11 is 0. The van der Waals surface area contributed by atoms with Crippen molar-refractivity contribution in [3.63, 3.8) is 0 Å². The van der Waals surface area contributed by atoms with Gasteiger partial charge in [0.15, 0.2) is 0 Å². The minimum Gasteiger partial charge on any atom is -0.320 e. The van der Waals surface area contributed by atoms with Crippen LogP contribution in [0.3, 0.4) is 0 Å². The summed E-state index contributed by atoms with van der Waals surface area (Å²) in [7, 11) is -2.07. The predicted octanol–water partition coefficient (Wildman–Crippen LogP) is 4.02. The van der Waals surface area contributed by atoms with E-state index in [-0.39, 0.29) is 22.4 Å². The van der Waals surface area contributed by atoms with Crippen LogP contribution < -0.4 is 10.2 Å². The third kappa shape index (κ3) is 4.56. The lowest BCUT2D eigenvalue weighted by molar-refractivity contribution is -0.117. The second-order valence-corrected chi connectivity index (χ2v) is 10.5. The maximum Gasteiger partial charge on any atom is 0.255 e. The largest absolute Gasteiger partial charge is 0.320 e. The Morgan fingerprint density at radius 2 is 1.78 bits per heavy atom. The van der Waals surface area contributed by atoms with Gasteiger partial charge in [-0.15, -0.1) is 0 Å². The number of benzene rings is 2. The molecule has 0 bridgehead atoms. The van der Waals surface area contributed by atoms with Crippen LogP contribution in [0.1, 0.15) is 55.3 Å². The Hall–Kier alpha value is -2.71. The highest BCUT2D eigenvalue weighted by Gasteiger charge is 2.30. The van der Waals surface area contributed by atoms with Crippen LogP contribution in [0.4, 0.5) is 11.4 Å². The number of para-hydroxylation sites is 2. The molecule has 2 aromatic rings. The van der Waals surface area contributed by atoms with Crippen LogP contribution in [0.15, 0.2) is 53.4 Å². The lowest BCUT2D eigenvalue weighted by atomic mass is 9.96. The number of nitrogens with zero attached hydrogens (tertiary/aromatic N) is 2. The molecule has 0 aromatic heterocycles. The number of anilines is 2. The van der Waals surface area contributed by atoms with Crippen molar-refractivity contribution in [2.45, 2.75) is 55.9 Å². The van der Waals surface area contributed by atoms with Crippen molar-refractivity contribution in [2.24, 2.45) is 0 Å². The molecule has 0 spiro atoms. The summed E-state index contributed by atoms with van der Waals surface area (Å²) in [4.78, 5) is 27.0. The Bertz CT molecular complexity index is 1110. The van der Waals surface area contributed by atoms with E-state index in [0.29, 0.717) is 24.3 Å². The van der Waals surface area contributed by atoms with Gasteiger partial charge in [-0.05, 0) is 49.6 Å². The summed E-state index contributed by atoms with van der Waals surface area (Å²) < 4.78 is 27.8. The number of carbonyl (C=O) groups excluding carboxylic acids is 2. The van der Waals surface area contributed by atoms with Gasteiger partial charge in [-0.25, -0.2) is 8.42 Å². The van der Waals surface area contributed by atoms with E-state index >= 15 is 0 Å². The van der Waals surface area contributed by atoms with Crippen LogP contribution in [0, 0.1) is 0 Å². The molecule has 2 aliphatic rings. The molecule has 32 heavy (non-hydrogen) atoms. The van der Waals surface area contributed by atoms with E-state index in [1.807, 2.05) is 6.07 Å². The number of rotatable bonds is 6. The molecule has 2 amide bonds. The average molecular weight is 456 g/mol. The molecule has 1 aliphatic heterocycles. The van der Waals surface area contributed by atoms with E-state index in [2.05, 4.69) is 5.32 Å². The molecular formula is C24H29N3O4S. The third-order valence-electron chi connectivity index (χ3n) is 6.38. The number of nitrogens with one attached hydrogen (secondary N) is 1. The molecule has 4 rings (SSSR count). The molecule has 170 valence electrons. The van der Waals surface area contributed by atoms with E-state index in [1.54, 1.807) is 42.3 Å². The smallest absolute Gasteiger partial charge is 0.255 e. The first-order chi connectivity index (χ1) is 15.4. The zero-order chi connectivity index (χ0) is 22.7. The fraction of sp³-hybridized carbons (Fsp3) is 0.417. The standard InChI is InChI=1S/C24H29N3O4S/c1-26(19-10-3-2-4-11-19)32(30,31)20-12-7-9-18(17-20)24(29)25-21-13-5-6-14-22(21)27-16-8-15-23(27)28/h5-7,9,12-14,17,19H,2-4,8,10-11,15-16H2,1H3,(H,25,29). The number of carbonyl (C=O) groups is 2. The summed E-state index contributed by atoms with van der Waals surface area (Å²) in [5.41, 5.74) is 1.44. The lowest BCUT2D eigenvalue weighted by Crippen LogP contribution is -2.38. The molecule has 1 saturated heterocycles. The highest BCUT2D eigenvalue weighted by molar-refractivity contribution is 7.89. The molecule has 1 saturated carbocycles. The van der Waals surface area contributed by atoms with E-state index in [9.17, 15) is 18.0 Å². The second-order valence-electron chi connectivity index (χ2n) is 8.46. The van der Waals surface area contributed by atoms with Gasteiger partial charge in [0.1, 0.15) is 0 Å². The number of hydrogen-bond acceptors (Lipinski definition) is 4. The lowest BCUT2D eigenvalue weighted by Gasteiger charge is -2.30. The molecule has 1 aliphatic carbocycles. The van der Waals surface area contributed by atoms with Gasteiger partial charge in [0.2, 0.25) is 15.9 Å². The Morgan fingerprint density at radius 1 is 1.03 bits per heavy atom. The highest BCUT2D eigenvalue weighted by Crippen LogP contribution is 2.30. The summed E-state index contributed by atoms with van der Waals surface area (Å²) in [6, 6.07) is 13.3. The zero-order valence-electron chi connectivity index (χ0n) is 18.3. The first kappa shape index (κ1) is 22.5. The molecule has 2 aromatic carbocycles. The Balaban J connectivity index is 1.55. The topological polar surface area (TPSA) is 86.8 Å². The van der Waals surface area contributed by atoms with E-state index in [1.165, 1.54) is 16.4 Å². The fourth-order valence-corrected chi connectivity index (χ4v) is 5.98. The minimum absolute atomic E-state index is 0.00360. The molecule has 1 N–H and O–H groups in total. The van der Waals surface area contributed by atoms with Crippen molar-refractivity contribution < 1.29 is 18.0 Å². The Morgan fingerprint density at radius 3 is 2.50 bits per heavy atom. The maximum absolute atomic E-state index is 13.2. The highest BCUT2D eigenvalue weighted by atomic mass is 32.2. The number of amides is 2. The van der Waals surface area contributed by atoms with Crippen LogP contribution in [-0.2, 0) is 14.8 Å². The minimum atomic E-state index is -3.70. The van der Waals surface area contributed by atoms with Gasteiger partial charge in [-0.1, -0.05) is 37.5 Å². The van der Waals surface area contributed by atoms with E-state index < -0.39 is 15.9 Å². The van der Waals surface area contributed by atoms with Crippen LogP contribution >= 0.6 is 0 Å². The molecule has 7 nitrogen and oxygen atoms in total. The van der Waals surface area contributed by atoms with Crippen molar-refractivity contribution in [1.82, 2.24) is 4.31 Å². The SMILES string of the molecule is CN(C1CCCCC1)S(=O)(=O)c1cccc(C(=O)Nc2ccccc2N2CCCC2=O)c1. The second kappa shape index (κ2) is 9.42. The summed E-state index contributed by atoms with van der Waals surface area (Å²) in [6.45, 7) is 0.618. The van der Waals surface area contributed by atoms with Crippen molar-refractivity contribution >= 4 is 33.2 Å². The van der Waals surface area contributed by atoms with Crippen molar-refractivity contribution in [3.8, 4) is 0 Å². The molecule has 2 fully saturated rings. The molecule has 8 heteroatoms. The average Bonchev–Trinajstić information content (AvgIpc) is 3.25. The van der Waals surface area contributed by atoms with Crippen molar-refractivity contribution in [2.75, 3.05) is 23.8 Å².